The van der Waals surface area contributed by atoms with E-state index in [2.05, 4.69) is 5.32 Å². The van der Waals surface area contributed by atoms with Crippen LogP contribution in [-0.2, 0) is 14.6 Å². The SMILES string of the molecule is COc1ccc(C=CC(=O)NCC2CCS(=O)(=O)C2)cc1OC. The molecule has 1 aliphatic heterocycles. The molecule has 6 nitrogen and oxygen atoms in total. The van der Waals surface area contributed by atoms with Gasteiger partial charge in [0.25, 0.3) is 0 Å². The lowest BCUT2D eigenvalue weighted by Crippen LogP contribution is -2.28. The molecule has 1 aromatic rings. The summed E-state index contributed by atoms with van der Waals surface area (Å²) in [6.07, 6.45) is 3.70. The number of ether oxygens (including phenoxy) is 2. The topological polar surface area (TPSA) is 81.7 Å². The summed E-state index contributed by atoms with van der Waals surface area (Å²) in [4.78, 5) is 11.8. The molecule has 1 N–H and O–H groups in total. The first-order chi connectivity index (χ1) is 10.9. The molecule has 7 heteroatoms. The number of carbonyl (C=O) groups is 1. The van der Waals surface area contributed by atoms with Crippen molar-refractivity contribution in [3.63, 3.8) is 0 Å². The Morgan fingerprint density at radius 3 is 2.65 bits per heavy atom. The van der Waals surface area contributed by atoms with Crippen LogP contribution in [0.3, 0.4) is 0 Å². The Balaban J connectivity index is 1.88. The Morgan fingerprint density at radius 1 is 1.30 bits per heavy atom. The summed E-state index contributed by atoms with van der Waals surface area (Å²) in [6, 6.07) is 5.35. The van der Waals surface area contributed by atoms with Gasteiger partial charge in [0, 0.05) is 12.6 Å². The van der Waals surface area contributed by atoms with Crippen molar-refractivity contribution in [1.82, 2.24) is 5.32 Å². The van der Waals surface area contributed by atoms with Crippen LogP contribution in [0.2, 0.25) is 0 Å². The number of hydrogen-bond acceptors (Lipinski definition) is 5. The number of methoxy groups -OCH3 is 2. The lowest BCUT2D eigenvalue weighted by atomic mass is 10.1. The van der Waals surface area contributed by atoms with E-state index >= 15 is 0 Å². The molecule has 1 aromatic carbocycles. The number of carbonyl (C=O) groups excluding carboxylic acids is 1. The van der Waals surface area contributed by atoms with E-state index in [0.29, 0.717) is 24.5 Å². The van der Waals surface area contributed by atoms with Crippen molar-refractivity contribution in [2.24, 2.45) is 5.92 Å². The predicted octanol–water partition coefficient (Wildman–Crippen LogP) is 1.27. The van der Waals surface area contributed by atoms with E-state index in [-0.39, 0.29) is 23.3 Å². The minimum absolute atomic E-state index is 0.0124. The van der Waals surface area contributed by atoms with Crippen molar-refractivity contribution < 1.29 is 22.7 Å². The van der Waals surface area contributed by atoms with Gasteiger partial charge in [0.2, 0.25) is 5.91 Å². The average molecular weight is 339 g/mol. The van der Waals surface area contributed by atoms with Crippen molar-refractivity contribution >= 4 is 21.8 Å². The highest BCUT2D eigenvalue weighted by molar-refractivity contribution is 7.91. The number of benzene rings is 1. The molecule has 0 aliphatic carbocycles. The van der Waals surface area contributed by atoms with Crippen LogP contribution in [0.1, 0.15) is 12.0 Å². The van der Waals surface area contributed by atoms with E-state index in [1.807, 2.05) is 6.07 Å². The van der Waals surface area contributed by atoms with E-state index in [0.717, 1.165) is 5.56 Å². The first-order valence-corrected chi connectivity index (χ1v) is 9.14. The summed E-state index contributed by atoms with van der Waals surface area (Å²) < 4.78 is 33.1. The van der Waals surface area contributed by atoms with E-state index < -0.39 is 9.84 Å². The zero-order valence-corrected chi connectivity index (χ0v) is 14.1. The lowest BCUT2D eigenvalue weighted by molar-refractivity contribution is -0.116. The summed E-state index contributed by atoms with van der Waals surface area (Å²) in [6.45, 7) is 0.383. The lowest BCUT2D eigenvalue weighted by Gasteiger charge is -2.08. The molecule has 0 aromatic heterocycles. The van der Waals surface area contributed by atoms with Crippen molar-refractivity contribution in [3.05, 3.63) is 29.8 Å². The maximum Gasteiger partial charge on any atom is 0.244 e. The molecule has 2 rings (SSSR count). The van der Waals surface area contributed by atoms with Gasteiger partial charge in [0.05, 0.1) is 25.7 Å². The summed E-state index contributed by atoms with van der Waals surface area (Å²) in [5.41, 5.74) is 0.807. The van der Waals surface area contributed by atoms with Gasteiger partial charge in [0.1, 0.15) is 0 Å². The van der Waals surface area contributed by atoms with Crippen molar-refractivity contribution in [3.8, 4) is 11.5 Å². The van der Waals surface area contributed by atoms with E-state index in [1.165, 1.54) is 6.08 Å². The third kappa shape index (κ3) is 4.99. The van der Waals surface area contributed by atoms with Crippen molar-refractivity contribution in [1.29, 1.82) is 0 Å². The second kappa shape index (κ2) is 7.50. The van der Waals surface area contributed by atoms with Crippen molar-refractivity contribution in [2.75, 3.05) is 32.3 Å². The van der Waals surface area contributed by atoms with Crippen LogP contribution in [0.15, 0.2) is 24.3 Å². The molecule has 1 unspecified atom stereocenters. The zero-order chi connectivity index (χ0) is 16.9. The molecule has 1 fully saturated rings. The maximum atomic E-state index is 11.8. The quantitative estimate of drug-likeness (QED) is 0.789. The van der Waals surface area contributed by atoms with Crippen LogP contribution < -0.4 is 14.8 Å². The highest BCUT2D eigenvalue weighted by atomic mass is 32.2. The summed E-state index contributed by atoms with van der Waals surface area (Å²) in [7, 11) is 0.201. The van der Waals surface area contributed by atoms with Crippen LogP contribution in [0.5, 0.6) is 11.5 Å². The molecular weight excluding hydrogens is 318 g/mol. The molecule has 126 valence electrons. The molecular formula is C16H21NO5S. The molecule has 0 spiro atoms. The Morgan fingerprint density at radius 2 is 2.04 bits per heavy atom. The van der Waals surface area contributed by atoms with Crippen LogP contribution in [0, 0.1) is 5.92 Å². The second-order valence-corrected chi connectivity index (χ2v) is 7.69. The van der Waals surface area contributed by atoms with E-state index in [9.17, 15) is 13.2 Å². The molecule has 0 saturated carbocycles. The van der Waals surface area contributed by atoms with Gasteiger partial charge in [-0.1, -0.05) is 6.07 Å². The third-order valence-electron chi connectivity index (χ3n) is 3.73. The molecule has 1 saturated heterocycles. The highest BCUT2D eigenvalue weighted by Gasteiger charge is 2.27. The number of sulfone groups is 1. The average Bonchev–Trinajstić information content (AvgIpc) is 2.89. The molecule has 0 bridgehead atoms. The summed E-state index contributed by atoms with van der Waals surface area (Å²) in [5, 5.41) is 2.74. The first-order valence-electron chi connectivity index (χ1n) is 7.32. The summed E-state index contributed by atoms with van der Waals surface area (Å²) >= 11 is 0. The Kier molecular flexibility index (Phi) is 5.65. The van der Waals surface area contributed by atoms with Crippen LogP contribution >= 0.6 is 0 Å². The number of hydrogen-bond donors (Lipinski definition) is 1. The monoisotopic (exact) mass is 339 g/mol. The van der Waals surface area contributed by atoms with Crippen molar-refractivity contribution in [2.45, 2.75) is 6.42 Å². The fraction of sp³-hybridized carbons (Fsp3) is 0.438. The number of amides is 1. The van der Waals surface area contributed by atoms with E-state index in [1.54, 1.807) is 32.4 Å². The third-order valence-corrected chi connectivity index (χ3v) is 5.56. The van der Waals surface area contributed by atoms with Gasteiger partial charge >= 0.3 is 0 Å². The predicted molar refractivity (Wildman–Crippen MR) is 88.4 cm³/mol. The standard InChI is InChI=1S/C16H21NO5S/c1-21-14-5-3-12(9-15(14)22-2)4-6-16(18)17-10-13-7-8-23(19,20)11-13/h3-6,9,13H,7-8,10-11H2,1-2H3,(H,17,18). The minimum Gasteiger partial charge on any atom is -0.493 e. The number of rotatable bonds is 6. The Hall–Kier alpha value is -2.02. The van der Waals surface area contributed by atoms with Crippen LogP contribution in [0.4, 0.5) is 0 Å². The fourth-order valence-electron chi connectivity index (χ4n) is 2.47. The minimum atomic E-state index is -2.91. The fourth-order valence-corrected chi connectivity index (χ4v) is 4.33. The number of nitrogens with one attached hydrogen (secondary N) is 1. The molecule has 0 radical (unpaired) electrons. The van der Waals surface area contributed by atoms with E-state index in [4.69, 9.17) is 9.47 Å². The zero-order valence-electron chi connectivity index (χ0n) is 13.2. The van der Waals surface area contributed by atoms with Gasteiger partial charge in [0.15, 0.2) is 21.3 Å². The van der Waals surface area contributed by atoms with Crippen LogP contribution in [-0.4, -0.2) is 46.6 Å². The smallest absolute Gasteiger partial charge is 0.244 e. The molecule has 23 heavy (non-hydrogen) atoms. The second-order valence-electron chi connectivity index (χ2n) is 5.46. The molecule has 1 atom stereocenters. The van der Waals surface area contributed by atoms with Gasteiger partial charge in [-0.15, -0.1) is 0 Å². The largest absolute Gasteiger partial charge is 0.493 e. The molecule has 1 aliphatic rings. The first kappa shape index (κ1) is 17.3. The van der Waals surface area contributed by atoms with Gasteiger partial charge < -0.3 is 14.8 Å². The highest BCUT2D eigenvalue weighted by Crippen LogP contribution is 2.27. The van der Waals surface area contributed by atoms with Gasteiger partial charge in [-0.3, -0.25) is 4.79 Å². The van der Waals surface area contributed by atoms with Gasteiger partial charge in [-0.05, 0) is 36.1 Å². The maximum absolute atomic E-state index is 11.8. The van der Waals surface area contributed by atoms with Gasteiger partial charge in [-0.25, -0.2) is 8.42 Å². The normalized spacial score (nSPS) is 19.7. The van der Waals surface area contributed by atoms with Crippen LogP contribution in [0.25, 0.3) is 6.08 Å². The molecule has 1 amide bonds. The Labute approximate surface area is 136 Å². The van der Waals surface area contributed by atoms with Gasteiger partial charge in [-0.2, -0.15) is 0 Å². The Bertz CT molecular complexity index is 696. The molecule has 1 heterocycles. The summed E-state index contributed by atoms with van der Waals surface area (Å²) in [5.74, 6) is 1.35.